The molecule has 0 saturated heterocycles. The fraction of sp³-hybridized carbons (Fsp3) is 0.926. The lowest BCUT2D eigenvalue weighted by molar-refractivity contribution is -0.133. The van der Waals surface area contributed by atoms with Gasteiger partial charge in [0.2, 0.25) is 8.32 Å². The largest absolute Gasteiger partial charge is 0.413 e. The van der Waals surface area contributed by atoms with Crippen LogP contribution in [0.15, 0.2) is 12.2 Å². The first kappa shape index (κ1) is 69.7. The van der Waals surface area contributed by atoms with Crippen molar-refractivity contribution in [2.75, 3.05) is 46.3 Å². The Morgan fingerprint density at radius 2 is 0.987 bits per heavy atom. The fourth-order valence-electron chi connectivity index (χ4n) is 17.0. The highest BCUT2D eigenvalue weighted by molar-refractivity contribution is 7.15. The van der Waals surface area contributed by atoms with Gasteiger partial charge in [0, 0.05) is 35.9 Å². The molecule has 1 unspecified atom stereocenters. The zero-order valence-electron chi connectivity index (χ0n) is 55.9. The summed E-state index contributed by atoms with van der Waals surface area (Å²) in [6, 6.07) is 0. The van der Waals surface area contributed by atoms with Gasteiger partial charge in [0.1, 0.15) is 19.0 Å². The van der Waals surface area contributed by atoms with Crippen LogP contribution in [-0.2, 0) is 33.0 Å². The van der Waals surface area contributed by atoms with E-state index in [9.17, 15) is 19.5 Å². The molecule has 0 aromatic heterocycles. The summed E-state index contributed by atoms with van der Waals surface area (Å²) in [7, 11) is -1.51. The number of ether oxygens (including phenoxy) is 3. The molecular formula is C68H127O8PSi. The molecule has 0 radical (unpaired) electrons. The summed E-state index contributed by atoms with van der Waals surface area (Å²) in [5.74, 6) is 5.61. The molecule has 78 heavy (non-hydrogen) atoms. The number of hydrogen-bond acceptors (Lipinski definition) is 8. The Morgan fingerprint density at radius 1 is 0.603 bits per heavy atom. The maximum absolute atomic E-state index is 12.2. The molecule has 6 aliphatic rings. The van der Waals surface area contributed by atoms with E-state index in [0.717, 1.165) is 63.4 Å². The summed E-state index contributed by atoms with van der Waals surface area (Å²) in [6.45, 7) is 56.3. The molecule has 8 nitrogen and oxygen atoms in total. The molecule has 6 aliphatic carbocycles. The van der Waals surface area contributed by atoms with Crippen LogP contribution in [-0.4, -0.2) is 90.6 Å². The number of aliphatic hydroxyl groups excluding tert-OH is 1. The van der Waals surface area contributed by atoms with Crippen molar-refractivity contribution in [3.8, 4) is 0 Å². The van der Waals surface area contributed by atoms with Crippen molar-refractivity contribution in [2.45, 2.75) is 271 Å². The van der Waals surface area contributed by atoms with E-state index in [1.54, 1.807) is 0 Å². The number of fused-ring (bicyclic) bond motifs is 3. The van der Waals surface area contributed by atoms with Crippen molar-refractivity contribution in [2.24, 2.45) is 85.8 Å². The second-order valence-corrected chi connectivity index (χ2v) is 36.6. The Morgan fingerprint density at radius 3 is 1.42 bits per heavy atom. The second kappa shape index (κ2) is 29.8. The van der Waals surface area contributed by atoms with Crippen LogP contribution >= 0.6 is 9.18 Å². The van der Waals surface area contributed by atoms with Gasteiger partial charge >= 0.3 is 0 Å². The molecule has 6 rings (SSSR count). The smallest absolute Gasteiger partial charge is 0.200 e. The average Bonchev–Trinajstić information content (AvgIpc) is 4.01. The topological polar surface area (TPSA) is 108 Å². The number of carbonyl (C=O) groups excluding carboxylic acids is 3. The van der Waals surface area contributed by atoms with Gasteiger partial charge in [-0.1, -0.05) is 171 Å². The highest BCUT2D eigenvalue weighted by atomic mass is 31.0. The van der Waals surface area contributed by atoms with Crippen LogP contribution in [0.1, 0.15) is 242 Å². The third-order valence-corrected chi connectivity index (χ3v) is 28.1. The van der Waals surface area contributed by atoms with Crippen molar-refractivity contribution >= 4 is 34.9 Å². The van der Waals surface area contributed by atoms with Crippen LogP contribution in [0.25, 0.3) is 0 Å². The predicted molar refractivity (Wildman–Crippen MR) is 335 cm³/mol. The van der Waals surface area contributed by atoms with Crippen LogP contribution in [0, 0.1) is 85.8 Å². The molecule has 0 aromatic carbocycles. The third-order valence-electron chi connectivity index (χ3n) is 22.0. The molecule has 10 heteroatoms. The molecule has 1 N–H and O–H groups in total. The number of ketones is 3. The van der Waals surface area contributed by atoms with E-state index in [1.807, 2.05) is 48.2 Å². The molecular weight excluding hydrogens is 1000 g/mol. The van der Waals surface area contributed by atoms with Crippen molar-refractivity contribution < 1.29 is 38.1 Å². The highest BCUT2D eigenvalue weighted by Gasteiger charge is 2.57. The molecule has 456 valence electrons. The summed E-state index contributed by atoms with van der Waals surface area (Å²) >= 11 is 0. The third kappa shape index (κ3) is 17.4. The van der Waals surface area contributed by atoms with E-state index < -0.39 is 8.32 Å². The minimum atomic E-state index is -1.84. The van der Waals surface area contributed by atoms with Crippen LogP contribution < -0.4 is 0 Å². The number of Topliss-reactive ketones (excluding diaryl/α,β-unsaturated/α-hetero) is 3. The first-order valence-electron chi connectivity index (χ1n) is 32.4. The summed E-state index contributed by atoms with van der Waals surface area (Å²) in [4.78, 5) is 36.1. The Labute approximate surface area is 486 Å². The van der Waals surface area contributed by atoms with E-state index in [4.69, 9.17) is 19.9 Å². The van der Waals surface area contributed by atoms with Gasteiger partial charge in [-0.25, -0.2) is 0 Å². The summed E-state index contributed by atoms with van der Waals surface area (Å²) < 4.78 is 31.3. The van der Waals surface area contributed by atoms with Crippen molar-refractivity contribution in [3.05, 3.63) is 12.2 Å². The maximum atomic E-state index is 12.2. The van der Waals surface area contributed by atoms with E-state index in [-0.39, 0.29) is 63.9 Å². The maximum Gasteiger partial charge on any atom is 0.200 e. The van der Waals surface area contributed by atoms with Gasteiger partial charge in [0.05, 0.1) is 27.2 Å². The lowest BCUT2D eigenvalue weighted by Crippen LogP contribution is -2.54. The fourth-order valence-corrected chi connectivity index (χ4v) is 22.6. The number of hydrogen-bond donors (Lipinski definition) is 1. The summed E-state index contributed by atoms with van der Waals surface area (Å²) in [6.07, 6.45) is 17.8. The monoisotopic (exact) mass is 1130 g/mol. The van der Waals surface area contributed by atoms with E-state index in [1.165, 1.54) is 56.9 Å². The quantitative estimate of drug-likeness (QED) is 0.0730. The lowest BCUT2D eigenvalue weighted by atomic mass is 9.62. The lowest BCUT2D eigenvalue weighted by Gasteiger charge is -2.51. The SMILES string of the molecule is C=C(COC[C@@H](C)[C@H]1CC[C@H]2[C@@H](O[Si](C(C)C)(C(C)C)C(C)C)CCC[C@]12C)C(C)(C)C.C[C@H](COCC(=O)C(C)(C)C)[C@H]1CC[C@H]2C(=O)CCC[C@]12C.C[C@H](COCC(=O)C(C)(C)C)[C@H]1CC[C@H]2[C@@H](O)CCC[C@]12C.[2H]PC. The highest BCUT2D eigenvalue weighted by Crippen LogP contribution is 2.61. The Balaban J connectivity index is 0.000000311. The van der Waals surface area contributed by atoms with Gasteiger partial charge in [0.15, 0.2) is 11.6 Å². The Kier molecular flexibility index (Phi) is 26.6. The van der Waals surface area contributed by atoms with Crippen LogP contribution in [0.4, 0.5) is 0 Å². The number of carbonyl (C=O) groups is 3. The Bertz CT molecular complexity index is 1880. The average molecular weight is 1130 g/mol. The van der Waals surface area contributed by atoms with Gasteiger partial charge in [0.25, 0.3) is 0 Å². The molecule has 6 fully saturated rings. The summed E-state index contributed by atoms with van der Waals surface area (Å²) in [5, 5.41) is 10.3. The van der Waals surface area contributed by atoms with E-state index in [0.29, 0.717) is 98.4 Å². The number of aliphatic hydroxyl groups is 1. The standard InChI is InChI=1S/C29H56O2Si.C19H34O3.C19H32O3.CH5P/c1-20(2)32(21(3)4,22(5)6)31-27-14-13-17-29(12)25(15-16-26(27)29)23(7)18-30-19-24(8)28(9,10)11;2*1-13(11-22-12-17(21)18(2,3)4)14-8-9-15-16(20)7-6-10-19(14,15)5;1-2/h20-23,25-27H,8,13-19H2,1-7,9-12H3;13-16,20H,6-12H2,1-5H3;13-15H,6-12H2,1-5H3;2H2,1H3/t23-,25-,26+,27+,29-;13-,14-,15+,16+,19-;13-,14-,15+,19-;/m111./s1/i;;;2D. The molecule has 6 saturated carbocycles. The first-order chi connectivity index (χ1) is 36.4. The van der Waals surface area contributed by atoms with Crippen molar-refractivity contribution in [3.63, 3.8) is 0 Å². The molecule has 15 atom stereocenters. The minimum Gasteiger partial charge on any atom is -0.413 e. The van der Waals surface area contributed by atoms with Crippen LogP contribution in [0.2, 0.25) is 16.6 Å². The molecule has 0 aromatic rings. The molecule has 0 bridgehead atoms. The zero-order chi connectivity index (χ0) is 60.3. The molecule has 0 amide bonds. The van der Waals surface area contributed by atoms with Gasteiger partial charge < -0.3 is 23.7 Å². The van der Waals surface area contributed by atoms with Crippen LogP contribution in [0.3, 0.4) is 0 Å². The van der Waals surface area contributed by atoms with Gasteiger partial charge in [-0.3, -0.25) is 14.4 Å². The second-order valence-electron chi connectivity index (χ2n) is 31.2. The normalized spacial score (nSPS) is 32.7. The molecule has 0 spiro atoms. The van der Waals surface area contributed by atoms with Gasteiger partial charge in [-0.05, 0) is 168 Å². The molecule has 0 heterocycles. The zero-order valence-corrected chi connectivity index (χ0v) is 56.9. The first-order valence-corrected chi connectivity index (χ1v) is 35.0. The van der Waals surface area contributed by atoms with Gasteiger partial charge in [-0.15, -0.1) is 9.18 Å². The van der Waals surface area contributed by atoms with Crippen molar-refractivity contribution in [1.29, 1.82) is 1.28 Å². The van der Waals surface area contributed by atoms with E-state index >= 15 is 0 Å². The minimum absolute atomic E-state index is 0.112. The predicted octanol–water partition coefficient (Wildman–Crippen LogP) is 17.4. The Hall–Kier alpha value is -0.803. The van der Waals surface area contributed by atoms with Gasteiger partial charge in [-0.2, -0.15) is 0 Å². The summed E-state index contributed by atoms with van der Waals surface area (Å²) in [5.41, 5.74) is 3.48. The van der Waals surface area contributed by atoms with E-state index in [2.05, 4.69) is 110 Å². The van der Waals surface area contributed by atoms with Crippen LogP contribution in [0.5, 0.6) is 0 Å². The molecule has 0 aliphatic heterocycles. The van der Waals surface area contributed by atoms with Crippen molar-refractivity contribution in [1.82, 2.24) is 0 Å². The number of rotatable bonds is 20.